The highest BCUT2D eigenvalue weighted by atomic mass is 16.5. The Morgan fingerprint density at radius 3 is 2.29 bits per heavy atom. The summed E-state index contributed by atoms with van der Waals surface area (Å²) in [6.07, 6.45) is 10.9. The number of allylic oxidation sites excluding steroid dienone is 1. The second kappa shape index (κ2) is 13.3. The average Bonchev–Trinajstić information content (AvgIpc) is 3.45. The third-order valence-electron chi connectivity index (χ3n) is 16.4. The molecule has 6 nitrogen and oxygen atoms in total. The molecule has 284 valence electrons. The fraction of sp³-hybridized carbons (Fsp3) is 0.717. The number of ether oxygens (including phenoxy) is 2. The van der Waals surface area contributed by atoms with Crippen LogP contribution in [0.15, 0.2) is 36.4 Å². The topological polar surface area (TPSA) is 89.9 Å². The van der Waals surface area contributed by atoms with Gasteiger partial charge in [0.25, 0.3) is 0 Å². The van der Waals surface area contributed by atoms with Crippen molar-refractivity contribution in [2.45, 2.75) is 139 Å². The number of benzene rings is 1. The van der Waals surface area contributed by atoms with Gasteiger partial charge in [-0.15, -0.1) is 0 Å². The Morgan fingerprint density at radius 2 is 1.62 bits per heavy atom. The van der Waals surface area contributed by atoms with Gasteiger partial charge in [-0.3, -0.25) is 14.4 Å². The van der Waals surface area contributed by atoms with Gasteiger partial charge in [-0.05, 0) is 142 Å². The summed E-state index contributed by atoms with van der Waals surface area (Å²) >= 11 is 0. The van der Waals surface area contributed by atoms with Gasteiger partial charge < -0.3 is 14.6 Å². The lowest BCUT2D eigenvalue weighted by atomic mass is 9.32. The minimum Gasteiger partial charge on any atom is -0.481 e. The monoisotopic (exact) mass is 712 g/mol. The van der Waals surface area contributed by atoms with Gasteiger partial charge in [-0.25, -0.2) is 0 Å². The normalized spacial score (nSPS) is 38.9. The van der Waals surface area contributed by atoms with Gasteiger partial charge in [-0.1, -0.05) is 76.8 Å². The lowest BCUT2D eigenvalue weighted by Gasteiger charge is -2.72. The molecule has 6 heteroatoms. The number of carbonyl (C=O) groups is 3. The van der Waals surface area contributed by atoms with Crippen molar-refractivity contribution in [3.8, 4) is 11.8 Å². The molecule has 0 aliphatic heterocycles. The highest BCUT2D eigenvalue weighted by Crippen LogP contribution is 2.77. The third kappa shape index (κ3) is 6.05. The molecule has 0 radical (unpaired) electrons. The molecule has 1 N–H and O–H groups in total. The Kier molecular flexibility index (Phi) is 9.92. The highest BCUT2D eigenvalue weighted by molar-refractivity contribution is 5.82. The third-order valence-corrected chi connectivity index (χ3v) is 16.4. The Bertz CT molecular complexity index is 1680. The molecule has 5 aliphatic carbocycles. The van der Waals surface area contributed by atoms with Crippen molar-refractivity contribution < 1.29 is 29.0 Å². The van der Waals surface area contributed by atoms with E-state index in [-0.39, 0.29) is 52.0 Å². The van der Waals surface area contributed by atoms with Crippen molar-refractivity contribution in [3.05, 3.63) is 47.5 Å². The fourth-order valence-electron chi connectivity index (χ4n) is 13.6. The maximum Gasteiger partial charge on any atom is 0.311 e. The van der Waals surface area contributed by atoms with Crippen molar-refractivity contribution in [3.63, 3.8) is 0 Å². The average molecular weight is 713 g/mol. The van der Waals surface area contributed by atoms with E-state index in [1.54, 1.807) is 13.8 Å². The Labute approximate surface area is 313 Å². The predicted octanol–water partition coefficient (Wildman–Crippen LogP) is 9.82. The molecule has 0 aromatic heterocycles. The lowest BCUT2D eigenvalue weighted by molar-refractivity contribution is -0.247. The summed E-state index contributed by atoms with van der Waals surface area (Å²) in [5.74, 6) is 8.42. The van der Waals surface area contributed by atoms with Crippen LogP contribution in [-0.2, 0) is 30.3 Å². The summed E-state index contributed by atoms with van der Waals surface area (Å²) in [6.45, 7) is 22.8. The fourth-order valence-corrected chi connectivity index (χ4v) is 13.6. The molecule has 0 bridgehead atoms. The van der Waals surface area contributed by atoms with E-state index in [9.17, 15) is 19.5 Å². The number of esters is 2. The minimum absolute atomic E-state index is 0.0105. The summed E-state index contributed by atoms with van der Waals surface area (Å²) in [5, 5.41) is 9.57. The van der Waals surface area contributed by atoms with Gasteiger partial charge in [0, 0.05) is 16.4 Å². The van der Waals surface area contributed by atoms with E-state index in [0.29, 0.717) is 29.6 Å². The molecule has 52 heavy (non-hydrogen) atoms. The van der Waals surface area contributed by atoms with Gasteiger partial charge in [-0.2, -0.15) is 0 Å². The molecule has 0 saturated heterocycles. The first-order valence-corrected chi connectivity index (χ1v) is 20.0. The van der Waals surface area contributed by atoms with Crippen LogP contribution in [0.3, 0.4) is 0 Å². The zero-order chi connectivity index (χ0) is 38.1. The molecule has 6 rings (SSSR count). The molecular weight excluding hydrogens is 649 g/mol. The molecule has 1 aromatic carbocycles. The second-order valence-corrected chi connectivity index (χ2v) is 19.7. The maximum atomic E-state index is 13.3. The number of carboxylic acids is 1. The number of aliphatic carboxylic acids is 1. The number of carboxylic acid groups (broad SMARTS) is 1. The SMILES string of the molecule is C=C(C)[C@@H]1CCC2(C#Cc3ccccc3CC(=O)O)CC[C@]3(C)C(CCC4C5(C)CC[C@H](OC(=O)CC(C)(C)C(=O)OC)C(C)(C)C5CCC43C)C12. The van der Waals surface area contributed by atoms with Crippen LogP contribution in [0.1, 0.15) is 137 Å². The minimum atomic E-state index is -0.920. The largest absolute Gasteiger partial charge is 0.481 e. The lowest BCUT2D eigenvalue weighted by Crippen LogP contribution is -2.66. The van der Waals surface area contributed by atoms with Crippen LogP contribution in [0.5, 0.6) is 0 Å². The van der Waals surface area contributed by atoms with Crippen molar-refractivity contribution in [2.24, 2.45) is 62.1 Å². The number of carbonyl (C=O) groups excluding carboxylic acids is 2. The Hall–Kier alpha value is -3.07. The Balaban J connectivity index is 1.28. The summed E-state index contributed by atoms with van der Waals surface area (Å²) in [7, 11) is 1.36. The molecular formula is C46H64O6. The standard InChI is InChI=1S/C46H64O6/c1-29(2)32-18-24-46(23-17-30-13-11-12-14-31(30)27-37(47)48)26-25-44(8)33(39(32)46)15-16-35-43(7)21-20-36(42(5,6)34(43)19-22-45(35,44)9)52-38(49)28-41(3,4)40(50)51-10/h11-14,32-36,39H,1,15-16,18-22,24-28H2,2-10H3,(H,47,48)/t32-,33?,34?,35?,36-,39?,43?,44+,45?,46?/m0/s1. The van der Waals surface area contributed by atoms with Crippen LogP contribution in [0.25, 0.3) is 0 Å². The van der Waals surface area contributed by atoms with E-state index in [1.807, 2.05) is 24.3 Å². The smallest absolute Gasteiger partial charge is 0.311 e. The zero-order valence-electron chi connectivity index (χ0n) is 33.5. The molecule has 5 saturated carbocycles. The van der Waals surface area contributed by atoms with Crippen molar-refractivity contribution >= 4 is 17.9 Å². The van der Waals surface area contributed by atoms with Gasteiger partial charge >= 0.3 is 17.9 Å². The molecule has 10 atom stereocenters. The van der Waals surface area contributed by atoms with Crippen LogP contribution in [0.4, 0.5) is 0 Å². The van der Waals surface area contributed by atoms with E-state index in [2.05, 4.69) is 60.0 Å². The zero-order valence-corrected chi connectivity index (χ0v) is 33.5. The quantitative estimate of drug-likeness (QED) is 0.172. The van der Waals surface area contributed by atoms with Gasteiger partial charge in [0.2, 0.25) is 0 Å². The van der Waals surface area contributed by atoms with E-state index in [1.165, 1.54) is 31.9 Å². The molecule has 5 fully saturated rings. The summed E-state index contributed by atoms with van der Waals surface area (Å²) in [5.41, 5.74) is 2.25. The number of rotatable bonds is 7. The second-order valence-electron chi connectivity index (χ2n) is 19.7. The molecule has 0 spiro atoms. The van der Waals surface area contributed by atoms with Crippen molar-refractivity contribution in [1.29, 1.82) is 0 Å². The van der Waals surface area contributed by atoms with Crippen molar-refractivity contribution in [1.82, 2.24) is 0 Å². The van der Waals surface area contributed by atoms with Crippen LogP contribution >= 0.6 is 0 Å². The first kappa shape index (κ1) is 38.6. The van der Waals surface area contributed by atoms with E-state index >= 15 is 0 Å². The van der Waals surface area contributed by atoms with Crippen LogP contribution in [0, 0.1) is 73.9 Å². The van der Waals surface area contributed by atoms with Gasteiger partial charge in [0.1, 0.15) is 6.10 Å². The predicted molar refractivity (Wildman–Crippen MR) is 204 cm³/mol. The summed E-state index contributed by atoms with van der Waals surface area (Å²) in [6, 6.07) is 7.77. The van der Waals surface area contributed by atoms with E-state index in [4.69, 9.17) is 9.47 Å². The molecule has 0 heterocycles. The number of fused-ring (bicyclic) bond motifs is 7. The van der Waals surface area contributed by atoms with Gasteiger partial charge in [0.15, 0.2) is 0 Å². The van der Waals surface area contributed by atoms with Gasteiger partial charge in [0.05, 0.1) is 25.4 Å². The molecule has 1 aromatic rings. The number of hydrogen-bond acceptors (Lipinski definition) is 5. The summed E-state index contributed by atoms with van der Waals surface area (Å²) < 4.78 is 11.2. The van der Waals surface area contributed by atoms with Crippen LogP contribution in [0.2, 0.25) is 0 Å². The number of methoxy groups -OCH3 is 1. The summed E-state index contributed by atoms with van der Waals surface area (Å²) in [4.78, 5) is 37.2. The van der Waals surface area contributed by atoms with Crippen LogP contribution < -0.4 is 0 Å². The molecule has 5 aliphatic rings. The molecule has 0 amide bonds. The number of hydrogen-bond donors (Lipinski definition) is 1. The van der Waals surface area contributed by atoms with Crippen molar-refractivity contribution in [2.75, 3.05) is 7.11 Å². The van der Waals surface area contributed by atoms with E-state index in [0.717, 1.165) is 56.1 Å². The first-order chi connectivity index (χ1) is 24.3. The van der Waals surface area contributed by atoms with E-state index < -0.39 is 17.4 Å². The molecule has 7 unspecified atom stereocenters. The first-order valence-electron chi connectivity index (χ1n) is 20.0. The highest BCUT2D eigenvalue weighted by Gasteiger charge is 2.71. The van der Waals surface area contributed by atoms with Crippen LogP contribution in [-0.4, -0.2) is 36.2 Å². The Morgan fingerprint density at radius 1 is 0.904 bits per heavy atom. The maximum absolute atomic E-state index is 13.3.